The van der Waals surface area contributed by atoms with Crippen molar-refractivity contribution in [1.82, 2.24) is 15.3 Å². The number of nitrogens with one attached hydrogen (secondary N) is 1. The van der Waals surface area contributed by atoms with E-state index in [2.05, 4.69) is 20.2 Å². The number of hydrogen-bond donors (Lipinski definition) is 1. The first kappa shape index (κ1) is 13.7. The van der Waals surface area contributed by atoms with Crippen LogP contribution < -0.4 is 10.2 Å². The summed E-state index contributed by atoms with van der Waals surface area (Å²) in [5, 5.41) is 2.87. The van der Waals surface area contributed by atoms with Crippen LogP contribution in [0, 0.1) is 6.92 Å². The lowest BCUT2D eigenvalue weighted by atomic mass is 10.2. The van der Waals surface area contributed by atoms with Gasteiger partial charge in [-0.05, 0) is 13.3 Å². The molecule has 0 aromatic carbocycles. The minimum atomic E-state index is -0.0142. The summed E-state index contributed by atoms with van der Waals surface area (Å²) in [5.74, 6) is 0.877. The van der Waals surface area contributed by atoms with Crippen LogP contribution in [0.25, 0.3) is 0 Å². The molecule has 0 aliphatic carbocycles. The van der Waals surface area contributed by atoms with Gasteiger partial charge in [0.1, 0.15) is 12.1 Å². The third kappa shape index (κ3) is 3.41. The maximum absolute atomic E-state index is 11.1. The van der Waals surface area contributed by atoms with Crippen LogP contribution in [0.2, 0.25) is 0 Å². The predicted octanol–water partition coefficient (Wildman–Crippen LogP) is 0.515. The van der Waals surface area contributed by atoms with Crippen LogP contribution in [0.4, 0.5) is 5.82 Å². The Bertz CT molecular complexity index is 452. The van der Waals surface area contributed by atoms with Gasteiger partial charge in [-0.15, -0.1) is 0 Å². The Kier molecular flexibility index (Phi) is 4.31. The van der Waals surface area contributed by atoms with E-state index in [1.165, 1.54) is 6.92 Å². The minimum absolute atomic E-state index is 0.0142. The van der Waals surface area contributed by atoms with E-state index in [1.807, 2.05) is 13.0 Å². The largest absolute Gasteiger partial charge is 0.380 e. The highest BCUT2D eigenvalue weighted by atomic mass is 16.5. The number of anilines is 1. The zero-order valence-electron chi connectivity index (χ0n) is 11.6. The van der Waals surface area contributed by atoms with Crippen molar-refractivity contribution in [3.63, 3.8) is 0 Å². The summed E-state index contributed by atoms with van der Waals surface area (Å²) < 4.78 is 5.43. The van der Waals surface area contributed by atoms with E-state index in [0.29, 0.717) is 6.54 Å². The third-order valence-corrected chi connectivity index (χ3v) is 3.38. The number of rotatable bonds is 4. The van der Waals surface area contributed by atoms with E-state index in [0.717, 1.165) is 24.5 Å². The number of methoxy groups -OCH3 is 1. The van der Waals surface area contributed by atoms with E-state index in [-0.39, 0.29) is 18.1 Å². The molecule has 2 atom stereocenters. The molecule has 0 spiro atoms. The quantitative estimate of drug-likeness (QED) is 0.858. The van der Waals surface area contributed by atoms with Crippen LogP contribution in [0.1, 0.15) is 19.0 Å². The molecule has 1 amide bonds. The van der Waals surface area contributed by atoms with Gasteiger partial charge in [-0.3, -0.25) is 4.79 Å². The molecule has 0 saturated carbocycles. The summed E-state index contributed by atoms with van der Waals surface area (Å²) in [6.45, 7) is 4.87. The summed E-state index contributed by atoms with van der Waals surface area (Å²) in [5.41, 5.74) is 0.934. The second kappa shape index (κ2) is 5.97. The van der Waals surface area contributed by atoms with Gasteiger partial charge in [0.2, 0.25) is 5.91 Å². The monoisotopic (exact) mass is 264 g/mol. The molecule has 1 aromatic heterocycles. The fraction of sp³-hybridized carbons (Fsp3) is 0.615. The van der Waals surface area contributed by atoms with E-state index in [4.69, 9.17) is 4.74 Å². The summed E-state index contributed by atoms with van der Waals surface area (Å²) in [6, 6.07) is 2.17. The van der Waals surface area contributed by atoms with Crippen molar-refractivity contribution >= 4 is 11.7 Å². The van der Waals surface area contributed by atoms with Crippen LogP contribution in [0.15, 0.2) is 12.4 Å². The number of aromatic nitrogens is 2. The molecular weight excluding hydrogens is 244 g/mol. The summed E-state index contributed by atoms with van der Waals surface area (Å²) in [4.78, 5) is 21.7. The number of hydrogen-bond acceptors (Lipinski definition) is 5. The Morgan fingerprint density at radius 2 is 2.37 bits per heavy atom. The number of aryl methyl sites for hydroxylation is 1. The van der Waals surface area contributed by atoms with Gasteiger partial charge in [0.15, 0.2) is 0 Å². The van der Waals surface area contributed by atoms with Crippen molar-refractivity contribution in [3.05, 3.63) is 18.1 Å². The zero-order valence-corrected chi connectivity index (χ0v) is 11.6. The Labute approximate surface area is 113 Å². The fourth-order valence-electron chi connectivity index (χ4n) is 2.38. The first-order valence-electron chi connectivity index (χ1n) is 6.42. The molecule has 1 saturated heterocycles. The van der Waals surface area contributed by atoms with Crippen LogP contribution in [0.5, 0.6) is 0 Å². The second-order valence-corrected chi connectivity index (χ2v) is 4.85. The van der Waals surface area contributed by atoms with Gasteiger partial charge < -0.3 is 15.0 Å². The van der Waals surface area contributed by atoms with Crippen LogP contribution >= 0.6 is 0 Å². The van der Waals surface area contributed by atoms with E-state index in [1.54, 1.807) is 13.4 Å². The number of carbonyl (C=O) groups is 1. The lowest BCUT2D eigenvalue weighted by molar-refractivity contribution is -0.119. The van der Waals surface area contributed by atoms with Crippen molar-refractivity contribution in [3.8, 4) is 0 Å². The van der Waals surface area contributed by atoms with E-state index < -0.39 is 0 Å². The van der Waals surface area contributed by atoms with Gasteiger partial charge in [-0.1, -0.05) is 0 Å². The average molecular weight is 264 g/mol. The maximum atomic E-state index is 11.1. The molecule has 2 heterocycles. The van der Waals surface area contributed by atoms with Gasteiger partial charge in [-0.25, -0.2) is 9.97 Å². The van der Waals surface area contributed by atoms with Crippen molar-refractivity contribution in [2.24, 2.45) is 0 Å². The lowest BCUT2D eigenvalue weighted by Crippen LogP contribution is -2.40. The molecule has 6 heteroatoms. The Morgan fingerprint density at radius 1 is 1.58 bits per heavy atom. The molecule has 2 rings (SSSR count). The standard InChI is InChI=1S/C13H20N4O2/c1-9-4-13(16-8-15-9)17-7-12(19-3)5-11(17)6-14-10(2)18/h4,8,11-12H,5-7H2,1-3H3,(H,14,18)/t11-,12-/m1/s1. The van der Waals surface area contributed by atoms with Gasteiger partial charge in [0.25, 0.3) is 0 Å². The average Bonchev–Trinajstić information content (AvgIpc) is 2.79. The number of nitrogens with zero attached hydrogens (tertiary/aromatic N) is 3. The molecule has 1 aliphatic heterocycles. The fourth-order valence-corrected chi connectivity index (χ4v) is 2.38. The first-order chi connectivity index (χ1) is 9.10. The smallest absolute Gasteiger partial charge is 0.216 e. The molecule has 1 N–H and O–H groups in total. The topological polar surface area (TPSA) is 67.3 Å². The highest BCUT2D eigenvalue weighted by Gasteiger charge is 2.33. The second-order valence-electron chi connectivity index (χ2n) is 4.85. The lowest BCUT2D eigenvalue weighted by Gasteiger charge is -2.25. The number of ether oxygens (including phenoxy) is 1. The van der Waals surface area contributed by atoms with E-state index >= 15 is 0 Å². The van der Waals surface area contributed by atoms with Crippen LogP contribution in [0.3, 0.4) is 0 Å². The SMILES string of the molecule is CO[C@@H]1C[C@H](CNC(C)=O)N(c2cc(C)ncn2)C1. The molecule has 1 aromatic rings. The van der Waals surface area contributed by atoms with E-state index in [9.17, 15) is 4.79 Å². The molecule has 0 unspecified atom stereocenters. The first-order valence-corrected chi connectivity index (χ1v) is 6.42. The molecule has 6 nitrogen and oxygen atoms in total. The molecule has 19 heavy (non-hydrogen) atoms. The molecule has 0 radical (unpaired) electrons. The van der Waals surface area contributed by atoms with Crippen molar-refractivity contribution in [2.75, 3.05) is 25.1 Å². The van der Waals surface area contributed by atoms with Crippen LogP contribution in [-0.4, -0.2) is 48.2 Å². The number of carbonyl (C=O) groups excluding carboxylic acids is 1. The third-order valence-electron chi connectivity index (χ3n) is 3.38. The van der Waals surface area contributed by atoms with Crippen molar-refractivity contribution in [2.45, 2.75) is 32.4 Å². The van der Waals surface area contributed by atoms with Crippen molar-refractivity contribution < 1.29 is 9.53 Å². The minimum Gasteiger partial charge on any atom is -0.380 e. The summed E-state index contributed by atoms with van der Waals surface area (Å²) >= 11 is 0. The highest BCUT2D eigenvalue weighted by Crippen LogP contribution is 2.25. The highest BCUT2D eigenvalue weighted by molar-refractivity contribution is 5.72. The van der Waals surface area contributed by atoms with Gasteiger partial charge >= 0.3 is 0 Å². The van der Waals surface area contributed by atoms with Crippen molar-refractivity contribution in [1.29, 1.82) is 0 Å². The number of amides is 1. The Hall–Kier alpha value is -1.69. The van der Waals surface area contributed by atoms with Gasteiger partial charge in [-0.2, -0.15) is 0 Å². The normalized spacial score (nSPS) is 22.6. The van der Waals surface area contributed by atoms with Gasteiger partial charge in [0.05, 0.1) is 12.1 Å². The maximum Gasteiger partial charge on any atom is 0.216 e. The Morgan fingerprint density at radius 3 is 3.00 bits per heavy atom. The summed E-state index contributed by atoms with van der Waals surface area (Å²) in [6.07, 6.45) is 2.63. The zero-order chi connectivity index (χ0) is 13.8. The Balaban J connectivity index is 2.13. The van der Waals surface area contributed by atoms with Gasteiger partial charge in [0, 0.05) is 38.9 Å². The molecule has 104 valence electrons. The molecule has 0 bridgehead atoms. The molecule has 1 aliphatic rings. The predicted molar refractivity (Wildman–Crippen MR) is 72.0 cm³/mol. The molecule has 1 fully saturated rings. The summed E-state index contributed by atoms with van der Waals surface area (Å²) in [7, 11) is 1.72. The van der Waals surface area contributed by atoms with Crippen LogP contribution in [-0.2, 0) is 9.53 Å². The molecular formula is C13H20N4O2.